The topological polar surface area (TPSA) is 57.8 Å². The van der Waals surface area contributed by atoms with Crippen molar-refractivity contribution in [3.63, 3.8) is 0 Å². The molecule has 0 aromatic carbocycles. The molecule has 2 N–H and O–H groups in total. The Labute approximate surface area is 97.3 Å². The van der Waals surface area contributed by atoms with Crippen molar-refractivity contribution in [1.82, 2.24) is 15.5 Å². The summed E-state index contributed by atoms with van der Waals surface area (Å²) in [7, 11) is 0. The van der Waals surface area contributed by atoms with Crippen LogP contribution in [0.15, 0.2) is 28.4 Å². The lowest BCUT2D eigenvalue weighted by atomic mass is 10.2. The summed E-state index contributed by atoms with van der Waals surface area (Å²) in [5.41, 5.74) is 1.42. The summed E-state index contributed by atoms with van der Waals surface area (Å²) in [4.78, 5) is 12.6. The average molecular weight is 235 g/mol. The van der Waals surface area contributed by atoms with Crippen molar-refractivity contribution in [1.29, 1.82) is 0 Å². The highest BCUT2D eigenvalue weighted by molar-refractivity contribution is 7.13. The molecule has 2 rings (SSSR count). The number of hydrogen-bond donors (Lipinski definition) is 2. The molecule has 2 heterocycles. The van der Waals surface area contributed by atoms with Crippen LogP contribution in [-0.2, 0) is 6.54 Å². The quantitative estimate of drug-likeness (QED) is 0.846. The molecule has 0 unspecified atom stereocenters. The van der Waals surface area contributed by atoms with E-state index in [0.29, 0.717) is 6.54 Å². The first kappa shape index (κ1) is 11.0. The number of hydrogen-bond acceptors (Lipinski definition) is 4. The monoisotopic (exact) mass is 235 g/mol. The van der Waals surface area contributed by atoms with Crippen molar-refractivity contribution in [3.05, 3.63) is 39.5 Å². The second-order valence-electron chi connectivity index (χ2n) is 3.37. The van der Waals surface area contributed by atoms with Gasteiger partial charge in [-0.2, -0.15) is 5.10 Å². The van der Waals surface area contributed by atoms with Crippen LogP contribution in [0.5, 0.6) is 0 Å². The highest BCUT2D eigenvalue weighted by Gasteiger charge is 2.05. The predicted octanol–water partition coefficient (Wildman–Crippen LogP) is 1.61. The molecular formula is C11H13N3OS. The first-order valence-electron chi connectivity index (χ1n) is 5.14. The SMILES string of the molecule is CCNCc1cc(-c2cccs2)n[nH]c1=O. The van der Waals surface area contributed by atoms with Crippen LogP contribution < -0.4 is 10.9 Å². The van der Waals surface area contributed by atoms with Gasteiger partial charge in [0.15, 0.2) is 0 Å². The van der Waals surface area contributed by atoms with E-state index >= 15 is 0 Å². The molecule has 0 aliphatic carbocycles. The zero-order valence-corrected chi connectivity index (χ0v) is 9.80. The van der Waals surface area contributed by atoms with E-state index in [4.69, 9.17) is 0 Å². The lowest BCUT2D eigenvalue weighted by molar-refractivity contribution is 0.715. The van der Waals surface area contributed by atoms with E-state index in [1.807, 2.05) is 30.5 Å². The first-order chi connectivity index (χ1) is 7.81. The first-order valence-corrected chi connectivity index (χ1v) is 6.02. The largest absolute Gasteiger partial charge is 0.313 e. The Morgan fingerprint density at radius 2 is 2.44 bits per heavy atom. The fourth-order valence-electron chi connectivity index (χ4n) is 1.39. The highest BCUT2D eigenvalue weighted by Crippen LogP contribution is 2.21. The Balaban J connectivity index is 2.32. The summed E-state index contributed by atoms with van der Waals surface area (Å²) < 4.78 is 0. The Kier molecular flexibility index (Phi) is 3.48. The van der Waals surface area contributed by atoms with Crippen LogP contribution in [0.1, 0.15) is 12.5 Å². The predicted molar refractivity (Wildman–Crippen MR) is 65.6 cm³/mol. The van der Waals surface area contributed by atoms with E-state index in [1.165, 1.54) is 0 Å². The summed E-state index contributed by atoms with van der Waals surface area (Å²) in [5, 5.41) is 11.7. The maximum absolute atomic E-state index is 11.5. The smallest absolute Gasteiger partial charge is 0.268 e. The van der Waals surface area contributed by atoms with Crippen molar-refractivity contribution in [2.24, 2.45) is 0 Å². The minimum absolute atomic E-state index is 0.124. The van der Waals surface area contributed by atoms with Crippen molar-refractivity contribution in [2.75, 3.05) is 6.54 Å². The minimum atomic E-state index is -0.124. The molecule has 0 atom stereocenters. The molecule has 5 heteroatoms. The van der Waals surface area contributed by atoms with E-state index in [2.05, 4.69) is 15.5 Å². The minimum Gasteiger partial charge on any atom is -0.313 e. The van der Waals surface area contributed by atoms with Gasteiger partial charge in [-0.3, -0.25) is 4.79 Å². The van der Waals surface area contributed by atoms with Crippen molar-refractivity contribution in [3.8, 4) is 10.6 Å². The van der Waals surface area contributed by atoms with E-state index in [0.717, 1.165) is 22.7 Å². The van der Waals surface area contributed by atoms with Crippen LogP contribution in [0.2, 0.25) is 0 Å². The lowest BCUT2D eigenvalue weighted by Gasteiger charge is -2.02. The molecule has 0 fully saturated rings. The molecular weight excluding hydrogens is 222 g/mol. The standard InChI is InChI=1S/C11H13N3OS/c1-2-12-7-8-6-9(13-14-11(8)15)10-4-3-5-16-10/h3-6,12H,2,7H2,1H3,(H,14,15). The van der Waals surface area contributed by atoms with Gasteiger partial charge in [0.2, 0.25) is 0 Å². The van der Waals surface area contributed by atoms with E-state index in [1.54, 1.807) is 11.3 Å². The van der Waals surface area contributed by atoms with Crippen molar-refractivity contribution in [2.45, 2.75) is 13.5 Å². The van der Waals surface area contributed by atoms with Crippen LogP contribution in [0, 0.1) is 0 Å². The molecule has 0 aliphatic heterocycles. The number of aromatic amines is 1. The second-order valence-corrected chi connectivity index (χ2v) is 4.31. The fourth-order valence-corrected chi connectivity index (χ4v) is 2.07. The van der Waals surface area contributed by atoms with Gasteiger partial charge < -0.3 is 5.32 Å². The number of nitrogens with one attached hydrogen (secondary N) is 2. The second kappa shape index (κ2) is 5.05. The Morgan fingerprint density at radius 1 is 1.56 bits per heavy atom. The average Bonchev–Trinajstić information content (AvgIpc) is 2.81. The van der Waals surface area contributed by atoms with E-state index in [-0.39, 0.29) is 5.56 Å². The summed E-state index contributed by atoms with van der Waals surface area (Å²) in [6.45, 7) is 3.43. The van der Waals surface area contributed by atoms with Crippen LogP contribution in [0.25, 0.3) is 10.6 Å². The zero-order chi connectivity index (χ0) is 11.4. The molecule has 84 valence electrons. The van der Waals surface area contributed by atoms with Gasteiger partial charge in [0, 0.05) is 12.1 Å². The molecule has 0 saturated heterocycles. The molecule has 0 aliphatic rings. The Morgan fingerprint density at radius 3 is 3.12 bits per heavy atom. The number of rotatable bonds is 4. The zero-order valence-electron chi connectivity index (χ0n) is 8.99. The van der Waals surface area contributed by atoms with Gasteiger partial charge in [-0.05, 0) is 24.1 Å². The summed E-state index contributed by atoms with van der Waals surface area (Å²) in [6, 6.07) is 5.80. The number of nitrogens with zero attached hydrogens (tertiary/aromatic N) is 1. The third-order valence-corrected chi connectivity index (χ3v) is 3.11. The van der Waals surface area contributed by atoms with Gasteiger partial charge >= 0.3 is 0 Å². The molecule has 0 radical (unpaired) electrons. The molecule has 0 saturated carbocycles. The van der Waals surface area contributed by atoms with Crippen LogP contribution in [0.3, 0.4) is 0 Å². The number of thiophene rings is 1. The highest BCUT2D eigenvalue weighted by atomic mass is 32.1. The third kappa shape index (κ3) is 2.37. The van der Waals surface area contributed by atoms with Gasteiger partial charge in [-0.15, -0.1) is 11.3 Å². The lowest BCUT2D eigenvalue weighted by Crippen LogP contribution is -2.21. The Bertz CT molecular complexity index is 504. The number of aromatic nitrogens is 2. The molecule has 4 nitrogen and oxygen atoms in total. The van der Waals surface area contributed by atoms with Gasteiger partial charge in [0.05, 0.1) is 4.88 Å². The van der Waals surface area contributed by atoms with Gasteiger partial charge in [-0.25, -0.2) is 5.10 Å². The van der Waals surface area contributed by atoms with E-state index < -0.39 is 0 Å². The van der Waals surface area contributed by atoms with Gasteiger partial charge in [-0.1, -0.05) is 13.0 Å². The van der Waals surface area contributed by atoms with Crippen molar-refractivity contribution < 1.29 is 0 Å². The van der Waals surface area contributed by atoms with Gasteiger partial charge in [0.1, 0.15) is 5.69 Å². The fraction of sp³-hybridized carbons (Fsp3) is 0.273. The molecule has 0 bridgehead atoms. The molecule has 0 spiro atoms. The third-order valence-electron chi connectivity index (χ3n) is 2.22. The molecule has 16 heavy (non-hydrogen) atoms. The van der Waals surface area contributed by atoms with Gasteiger partial charge in [0.25, 0.3) is 5.56 Å². The molecule has 0 amide bonds. The Hall–Kier alpha value is -1.46. The van der Waals surface area contributed by atoms with Crippen molar-refractivity contribution >= 4 is 11.3 Å². The number of H-pyrrole nitrogens is 1. The van der Waals surface area contributed by atoms with Crippen LogP contribution in [-0.4, -0.2) is 16.7 Å². The molecule has 2 aromatic rings. The normalized spacial score (nSPS) is 10.6. The maximum atomic E-state index is 11.5. The maximum Gasteiger partial charge on any atom is 0.268 e. The van der Waals surface area contributed by atoms with Crippen LogP contribution >= 0.6 is 11.3 Å². The molecule has 2 aromatic heterocycles. The summed E-state index contributed by atoms with van der Waals surface area (Å²) >= 11 is 1.61. The summed E-state index contributed by atoms with van der Waals surface area (Å²) in [5.74, 6) is 0. The van der Waals surface area contributed by atoms with E-state index in [9.17, 15) is 4.79 Å². The van der Waals surface area contributed by atoms with Crippen LogP contribution in [0.4, 0.5) is 0 Å². The summed E-state index contributed by atoms with van der Waals surface area (Å²) in [6.07, 6.45) is 0.